The van der Waals surface area contributed by atoms with Crippen LogP contribution in [-0.2, 0) is 4.79 Å². The molecule has 0 unspecified atom stereocenters. The molecule has 0 fully saturated rings. The van der Waals surface area contributed by atoms with Gasteiger partial charge in [-0.1, -0.05) is 18.6 Å². The summed E-state index contributed by atoms with van der Waals surface area (Å²) in [4.78, 5) is 11.9. The van der Waals surface area contributed by atoms with Gasteiger partial charge in [-0.3, -0.25) is 0 Å². The second-order valence-electron chi connectivity index (χ2n) is 7.26. The van der Waals surface area contributed by atoms with Crippen molar-refractivity contribution < 1.29 is 33.2 Å². The molecule has 32 heavy (non-hydrogen) atoms. The molecule has 0 saturated heterocycles. The number of ether oxygens (including phenoxy) is 6. The van der Waals surface area contributed by atoms with Crippen molar-refractivity contribution in [2.24, 2.45) is 5.92 Å². The molecule has 0 aromatic heterocycles. The fraction of sp³-hybridized carbons (Fsp3) is 0.400. The van der Waals surface area contributed by atoms with Crippen LogP contribution in [-0.4, -0.2) is 48.9 Å². The molecule has 0 radical (unpaired) electrons. The summed E-state index contributed by atoms with van der Waals surface area (Å²) in [6.45, 7) is 3.84. The van der Waals surface area contributed by atoms with Gasteiger partial charge in [-0.2, -0.15) is 0 Å². The van der Waals surface area contributed by atoms with E-state index >= 15 is 0 Å². The summed E-state index contributed by atoms with van der Waals surface area (Å²) in [5.74, 6) is 2.88. The number of benzene rings is 2. The number of aldehydes is 1. The quantitative estimate of drug-likeness (QED) is 0.463. The van der Waals surface area contributed by atoms with E-state index in [0.717, 1.165) is 23.0 Å². The zero-order valence-electron chi connectivity index (χ0n) is 20.0. The van der Waals surface area contributed by atoms with Crippen molar-refractivity contribution >= 4 is 12.4 Å². The average Bonchev–Trinajstić information content (AvgIpc) is 2.82. The summed E-state index contributed by atoms with van der Waals surface area (Å²) in [7, 11) is 9.47. The molecule has 2 aromatic carbocycles. The van der Waals surface area contributed by atoms with Gasteiger partial charge in [-0.15, -0.1) is 0 Å². The first-order valence-electron chi connectivity index (χ1n) is 10.1. The minimum absolute atomic E-state index is 0.278. The van der Waals surface area contributed by atoms with Crippen LogP contribution in [0.3, 0.4) is 0 Å². The molecule has 0 amide bonds. The largest absolute Gasteiger partial charge is 0.496 e. The molecule has 7 heteroatoms. The monoisotopic (exact) mass is 444 g/mol. The molecule has 0 aliphatic carbocycles. The van der Waals surface area contributed by atoms with E-state index in [2.05, 4.69) is 0 Å². The highest BCUT2D eigenvalue weighted by atomic mass is 16.5. The third kappa shape index (κ3) is 5.10. The van der Waals surface area contributed by atoms with Crippen LogP contribution >= 0.6 is 0 Å². The lowest BCUT2D eigenvalue weighted by Crippen LogP contribution is -2.14. The van der Waals surface area contributed by atoms with Gasteiger partial charge in [0, 0.05) is 35.1 Å². The van der Waals surface area contributed by atoms with E-state index in [-0.39, 0.29) is 11.8 Å². The molecule has 174 valence electrons. The smallest absolute Gasteiger partial charge is 0.164 e. The van der Waals surface area contributed by atoms with Gasteiger partial charge in [-0.25, -0.2) is 0 Å². The molecule has 0 N–H and O–H groups in total. The van der Waals surface area contributed by atoms with Gasteiger partial charge in [-0.05, 0) is 19.1 Å². The molecule has 7 nitrogen and oxygen atoms in total. The normalized spacial score (nSPS) is 13.1. The average molecular weight is 445 g/mol. The van der Waals surface area contributed by atoms with Crippen molar-refractivity contribution in [1.82, 2.24) is 0 Å². The number of carbonyl (C=O) groups is 1. The maximum atomic E-state index is 11.9. The number of methoxy groups -OCH3 is 6. The van der Waals surface area contributed by atoms with Crippen molar-refractivity contribution in [3.8, 4) is 34.5 Å². The molecule has 0 spiro atoms. The third-order valence-corrected chi connectivity index (χ3v) is 5.42. The molecule has 0 aliphatic heterocycles. The standard InChI is InChI=1S/C25H32O7/c1-15(9-17-10-21(29-5)23(31-7)12-19(17)27-3)25(16(2)14-26)18-11-22(30-6)24(32-8)13-20(18)28-4/h9-14,16,25H,1-8H3/b15-9+/t16-,25+/m0/s1. The SMILES string of the molecule is COc1cc(OC)c(OC)cc1/C=C(\C)[C@@H](c1cc(OC)c(OC)cc1OC)[C@@H](C)C=O. The molecule has 2 atom stereocenters. The lowest BCUT2D eigenvalue weighted by atomic mass is 9.81. The first-order chi connectivity index (χ1) is 15.4. The second kappa shape index (κ2) is 11.3. The maximum Gasteiger partial charge on any atom is 0.164 e. The molecule has 0 saturated carbocycles. The van der Waals surface area contributed by atoms with Gasteiger partial charge in [0.05, 0.1) is 42.7 Å². The van der Waals surface area contributed by atoms with Crippen LogP contribution in [0.25, 0.3) is 6.08 Å². The lowest BCUT2D eigenvalue weighted by molar-refractivity contribution is -0.111. The topological polar surface area (TPSA) is 72.5 Å². The Hall–Kier alpha value is -3.35. The first kappa shape index (κ1) is 24.9. The fourth-order valence-electron chi connectivity index (χ4n) is 3.82. The Labute approximate surface area is 189 Å². The Bertz CT molecular complexity index is 965. The third-order valence-electron chi connectivity index (χ3n) is 5.42. The Balaban J connectivity index is 2.70. The number of hydrogen-bond donors (Lipinski definition) is 0. The Morgan fingerprint density at radius 3 is 1.59 bits per heavy atom. The van der Waals surface area contributed by atoms with Crippen molar-refractivity contribution in [3.05, 3.63) is 41.0 Å². The predicted molar refractivity (Wildman–Crippen MR) is 124 cm³/mol. The van der Waals surface area contributed by atoms with Crippen molar-refractivity contribution in [3.63, 3.8) is 0 Å². The van der Waals surface area contributed by atoms with Crippen molar-refractivity contribution in [1.29, 1.82) is 0 Å². The number of carbonyl (C=O) groups excluding carboxylic acids is 1. The van der Waals surface area contributed by atoms with Crippen LogP contribution < -0.4 is 28.4 Å². The predicted octanol–water partition coefficient (Wildman–Crippen LogP) is 4.76. The first-order valence-corrected chi connectivity index (χ1v) is 10.1. The van der Waals surface area contributed by atoms with E-state index in [1.54, 1.807) is 54.8 Å². The minimum atomic E-state index is -0.329. The highest BCUT2D eigenvalue weighted by molar-refractivity contribution is 5.68. The highest BCUT2D eigenvalue weighted by Crippen LogP contribution is 2.44. The fourth-order valence-corrected chi connectivity index (χ4v) is 3.82. The Morgan fingerprint density at radius 1 is 0.688 bits per heavy atom. The minimum Gasteiger partial charge on any atom is -0.496 e. The molecule has 0 bridgehead atoms. The van der Waals surface area contributed by atoms with E-state index < -0.39 is 0 Å². The van der Waals surface area contributed by atoms with Crippen LogP contribution in [0, 0.1) is 5.92 Å². The molecule has 2 rings (SSSR count). The van der Waals surface area contributed by atoms with Crippen LogP contribution in [0.15, 0.2) is 29.8 Å². The number of rotatable bonds is 11. The van der Waals surface area contributed by atoms with Crippen LogP contribution in [0.2, 0.25) is 0 Å². The zero-order valence-corrected chi connectivity index (χ0v) is 20.0. The maximum absolute atomic E-state index is 11.9. The van der Waals surface area contributed by atoms with Crippen molar-refractivity contribution in [2.45, 2.75) is 19.8 Å². The van der Waals surface area contributed by atoms with Crippen LogP contribution in [0.4, 0.5) is 0 Å². The van der Waals surface area contributed by atoms with E-state index in [1.165, 1.54) is 0 Å². The summed E-state index contributed by atoms with van der Waals surface area (Å²) in [6.07, 6.45) is 2.91. The highest BCUT2D eigenvalue weighted by Gasteiger charge is 2.27. The van der Waals surface area contributed by atoms with Crippen LogP contribution in [0.1, 0.15) is 30.9 Å². The van der Waals surface area contributed by atoms with Gasteiger partial charge >= 0.3 is 0 Å². The van der Waals surface area contributed by atoms with Gasteiger partial charge < -0.3 is 33.2 Å². The molecular formula is C25H32O7. The molecule has 0 heterocycles. The van der Waals surface area contributed by atoms with Gasteiger partial charge in [0.15, 0.2) is 23.0 Å². The molecule has 0 aliphatic rings. The lowest BCUT2D eigenvalue weighted by Gasteiger charge is -2.25. The van der Waals surface area contributed by atoms with E-state index in [1.807, 2.05) is 32.1 Å². The van der Waals surface area contributed by atoms with Crippen molar-refractivity contribution in [2.75, 3.05) is 42.7 Å². The zero-order chi connectivity index (χ0) is 23.8. The van der Waals surface area contributed by atoms with E-state index in [9.17, 15) is 4.79 Å². The van der Waals surface area contributed by atoms with Gasteiger partial charge in [0.1, 0.15) is 17.8 Å². The summed E-state index contributed by atoms with van der Waals surface area (Å²) in [5.41, 5.74) is 2.55. The Kier molecular flexibility index (Phi) is 8.81. The van der Waals surface area contributed by atoms with E-state index in [0.29, 0.717) is 34.5 Å². The van der Waals surface area contributed by atoms with Crippen LogP contribution in [0.5, 0.6) is 34.5 Å². The molecule has 2 aromatic rings. The number of hydrogen-bond acceptors (Lipinski definition) is 7. The molecular weight excluding hydrogens is 412 g/mol. The van der Waals surface area contributed by atoms with Gasteiger partial charge in [0.2, 0.25) is 0 Å². The van der Waals surface area contributed by atoms with E-state index in [4.69, 9.17) is 28.4 Å². The van der Waals surface area contributed by atoms with Gasteiger partial charge in [0.25, 0.3) is 0 Å². The summed E-state index contributed by atoms with van der Waals surface area (Å²) in [5, 5.41) is 0. The Morgan fingerprint density at radius 2 is 1.12 bits per heavy atom. The summed E-state index contributed by atoms with van der Waals surface area (Å²) in [6, 6.07) is 7.23. The number of allylic oxidation sites excluding steroid dienone is 1. The summed E-state index contributed by atoms with van der Waals surface area (Å²) < 4.78 is 32.9. The summed E-state index contributed by atoms with van der Waals surface area (Å²) >= 11 is 0. The second-order valence-corrected chi connectivity index (χ2v) is 7.26.